The van der Waals surface area contributed by atoms with Gasteiger partial charge in [0.1, 0.15) is 17.0 Å². The Morgan fingerprint density at radius 3 is 2.44 bits per heavy atom. The van der Waals surface area contributed by atoms with Crippen molar-refractivity contribution >= 4 is 21.9 Å². The Hall–Kier alpha value is -3.46. The molecule has 0 atom stereocenters. The van der Waals surface area contributed by atoms with Gasteiger partial charge >= 0.3 is 0 Å². The fraction of sp³-hybridized carbons (Fsp3) is 0.207. The molecule has 3 aromatic carbocycles. The van der Waals surface area contributed by atoms with E-state index in [2.05, 4.69) is 58.0 Å². The Balaban J connectivity index is 1.65. The van der Waals surface area contributed by atoms with E-state index in [1.54, 1.807) is 12.1 Å². The number of aryl methyl sites for hydroxylation is 1. The van der Waals surface area contributed by atoms with Crippen LogP contribution in [-0.2, 0) is 6.42 Å². The number of halogens is 1. The molecule has 0 spiro atoms. The summed E-state index contributed by atoms with van der Waals surface area (Å²) < 4.78 is 20.1. The molecule has 0 aliphatic carbocycles. The van der Waals surface area contributed by atoms with Gasteiger partial charge in [-0.1, -0.05) is 51.1 Å². The molecule has 0 fully saturated rings. The molecule has 2 nitrogen and oxygen atoms in total. The lowest BCUT2D eigenvalue weighted by Gasteiger charge is -2.20. The summed E-state index contributed by atoms with van der Waals surface area (Å²) >= 11 is 0. The summed E-state index contributed by atoms with van der Waals surface area (Å²) in [4.78, 5) is 4.73. The summed E-state index contributed by atoms with van der Waals surface area (Å²) in [5.41, 5.74) is 8.00. The number of para-hydroxylation sites is 1. The summed E-state index contributed by atoms with van der Waals surface area (Å²) in [6.07, 6.45) is 2.95. The molecule has 0 saturated carbocycles. The van der Waals surface area contributed by atoms with Crippen LogP contribution in [0.3, 0.4) is 0 Å². The lowest BCUT2D eigenvalue weighted by atomic mass is 9.86. The van der Waals surface area contributed by atoms with E-state index in [1.165, 1.54) is 17.2 Å². The maximum atomic E-state index is 13.7. The van der Waals surface area contributed by atoms with Gasteiger partial charge in [0, 0.05) is 22.5 Å². The Kier molecular flexibility index (Phi) is 4.85. The largest absolute Gasteiger partial charge is 0.455 e. The number of hydrogen-bond acceptors (Lipinski definition) is 2. The van der Waals surface area contributed by atoms with Gasteiger partial charge in [0.15, 0.2) is 0 Å². The Labute approximate surface area is 187 Å². The van der Waals surface area contributed by atoms with Gasteiger partial charge < -0.3 is 4.42 Å². The summed E-state index contributed by atoms with van der Waals surface area (Å²) in [6, 6.07) is 21.1. The van der Waals surface area contributed by atoms with Gasteiger partial charge in [-0.3, -0.25) is 4.98 Å². The van der Waals surface area contributed by atoms with Crippen LogP contribution in [-0.4, -0.2) is 4.98 Å². The molecule has 5 rings (SSSR count). The quantitative estimate of drug-likeness (QED) is 0.291. The minimum absolute atomic E-state index is 0.196. The van der Waals surface area contributed by atoms with Crippen molar-refractivity contribution in [2.24, 2.45) is 5.41 Å². The fourth-order valence-corrected chi connectivity index (χ4v) is 4.32. The van der Waals surface area contributed by atoms with Crippen LogP contribution >= 0.6 is 0 Å². The van der Waals surface area contributed by atoms with Gasteiger partial charge in [0.05, 0.1) is 5.69 Å². The molecule has 0 N–H and O–H groups in total. The zero-order valence-corrected chi connectivity index (χ0v) is 18.9. The molecule has 3 heteroatoms. The molecule has 32 heavy (non-hydrogen) atoms. The van der Waals surface area contributed by atoms with Crippen molar-refractivity contribution in [1.82, 2.24) is 4.98 Å². The molecule has 0 saturated heterocycles. The van der Waals surface area contributed by atoms with E-state index < -0.39 is 0 Å². The van der Waals surface area contributed by atoms with Gasteiger partial charge in [-0.05, 0) is 77.4 Å². The molecular weight excluding hydrogens is 397 g/mol. The predicted molar refractivity (Wildman–Crippen MR) is 130 cm³/mol. The third-order valence-electron chi connectivity index (χ3n) is 5.87. The highest BCUT2D eigenvalue weighted by Gasteiger charge is 2.17. The normalized spacial score (nSPS) is 12.0. The summed E-state index contributed by atoms with van der Waals surface area (Å²) in [5.74, 6) is -0.244. The zero-order valence-electron chi connectivity index (χ0n) is 18.9. The molecule has 2 aromatic heterocycles. The van der Waals surface area contributed by atoms with Crippen molar-refractivity contribution < 1.29 is 8.81 Å². The van der Waals surface area contributed by atoms with Crippen LogP contribution in [0.5, 0.6) is 0 Å². The van der Waals surface area contributed by atoms with Gasteiger partial charge in [0.25, 0.3) is 0 Å². The highest BCUT2D eigenvalue weighted by Crippen LogP contribution is 2.37. The topological polar surface area (TPSA) is 26.0 Å². The summed E-state index contributed by atoms with van der Waals surface area (Å²) in [6.45, 7) is 8.88. The number of aromatic nitrogens is 1. The number of fused-ring (bicyclic) bond motifs is 3. The van der Waals surface area contributed by atoms with Crippen molar-refractivity contribution in [1.29, 1.82) is 0 Å². The van der Waals surface area contributed by atoms with Gasteiger partial charge in [-0.15, -0.1) is 0 Å². The molecule has 2 heterocycles. The van der Waals surface area contributed by atoms with Crippen LogP contribution < -0.4 is 0 Å². The predicted octanol–water partition coefficient (Wildman–Crippen LogP) is 8.35. The first kappa shape index (κ1) is 20.4. The zero-order chi connectivity index (χ0) is 22.5. The molecule has 5 aromatic rings. The molecule has 0 aliphatic rings. The third-order valence-corrected chi connectivity index (χ3v) is 5.87. The number of rotatable bonds is 3. The van der Waals surface area contributed by atoms with E-state index in [9.17, 15) is 4.39 Å². The van der Waals surface area contributed by atoms with Gasteiger partial charge in [-0.25, -0.2) is 4.39 Å². The number of pyridine rings is 1. The lowest BCUT2D eigenvalue weighted by molar-refractivity contribution is 0.410. The van der Waals surface area contributed by atoms with Crippen LogP contribution in [0.15, 0.2) is 77.3 Å². The van der Waals surface area contributed by atoms with Crippen molar-refractivity contribution in [2.75, 3.05) is 0 Å². The second-order valence-electron chi connectivity index (χ2n) is 9.74. The van der Waals surface area contributed by atoms with Crippen LogP contribution in [0.25, 0.3) is 44.3 Å². The average Bonchev–Trinajstić information content (AvgIpc) is 3.12. The van der Waals surface area contributed by atoms with E-state index in [1.807, 2.05) is 24.4 Å². The standard InChI is InChI=1S/C29H26FNO/c1-18-17-31-26(14-21(18)16-29(2,3)4)25-10-6-9-24-23-12-11-20(15-27(23)32-28(24)25)19-7-5-8-22(30)13-19/h5-15,17H,16H2,1-4H3. The Morgan fingerprint density at radius 2 is 1.66 bits per heavy atom. The highest BCUT2D eigenvalue weighted by atomic mass is 19.1. The van der Waals surface area contributed by atoms with Crippen LogP contribution in [0.4, 0.5) is 4.39 Å². The number of nitrogens with zero attached hydrogens (tertiary/aromatic N) is 1. The summed E-state index contributed by atoms with van der Waals surface area (Å²) in [7, 11) is 0. The molecule has 0 radical (unpaired) electrons. The minimum atomic E-state index is -0.244. The molecule has 0 unspecified atom stereocenters. The smallest absolute Gasteiger partial charge is 0.144 e. The van der Waals surface area contributed by atoms with Gasteiger partial charge in [0.2, 0.25) is 0 Å². The van der Waals surface area contributed by atoms with Crippen LogP contribution in [0.2, 0.25) is 0 Å². The second-order valence-corrected chi connectivity index (χ2v) is 9.74. The minimum Gasteiger partial charge on any atom is -0.455 e. The average molecular weight is 424 g/mol. The van der Waals surface area contributed by atoms with E-state index in [0.717, 1.165) is 50.7 Å². The van der Waals surface area contributed by atoms with E-state index >= 15 is 0 Å². The first-order valence-corrected chi connectivity index (χ1v) is 11.0. The molecule has 0 bridgehead atoms. The number of benzene rings is 3. The van der Waals surface area contributed by atoms with Gasteiger partial charge in [-0.2, -0.15) is 0 Å². The molecule has 160 valence electrons. The third kappa shape index (κ3) is 3.80. The first-order chi connectivity index (χ1) is 15.3. The van der Waals surface area contributed by atoms with E-state index in [-0.39, 0.29) is 11.2 Å². The maximum Gasteiger partial charge on any atom is 0.144 e. The maximum absolute atomic E-state index is 13.7. The fourth-order valence-electron chi connectivity index (χ4n) is 4.32. The van der Waals surface area contributed by atoms with Crippen molar-refractivity contribution in [3.8, 4) is 22.4 Å². The van der Waals surface area contributed by atoms with Crippen LogP contribution in [0.1, 0.15) is 31.9 Å². The number of furan rings is 1. The Bertz CT molecular complexity index is 1460. The molecular formula is C29H26FNO. The van der Waals surface area contributed by atoms with Crippen molar-refractivity contribution in [3.05, 3.63) is 89.9 Å². The van der Waals surface area contributed by atoms with Crippen molar-refractivity contribution in [2.45, 2.75) is 34.1 Å². The first-order valence-electron chi connectivity index (χ1n) is 11.0. The Morgan fingerprint density at radius 1 is 0.875 bits per heavy atom. The van der Waals surface area contributed by atoms with E-state index in [0.29, 0.717) is 0 Å². The highest BCUT2D eigenvalue weighted by molar-refractivity contribution is 6.10. The van der Waals surface area contributed by atoms with Crippen LogP contribution in [0, 0.1) is 18.2 Å². The van der Waals surface area contributed by atoms with Crippen molar-refractivity contribution in [3.63, 3.8) is 0 Å². The second kappa shape index (κ2) is 7.59. The summed E-state index contributed by atoms with van der Waals surface area (Å²) in [5, 5.41) is 2.10. The monoisotopic (exact) mass is 423 g/mol. The molecule has 0 amide bonds. The molecule has 0 aliphatic heterocycles. The van der Waals surface area contributed by atoms with E-state index in [4.69, 9.17) is 9.40 Å². The number of hydrogen-bond donors (Lipinski definition) is 0. The SMILES string of the molecule is Cc1cnc(-c2cccc3c2oc2cc(-c4cccc(F)c4)ccc23)cc1CC(C)(C)C. The lowest BCUT2D eigenvalue weighted by Crippen LogP contribution is -2.10.